The predicted octanol–water partition coefficient (Wildman–Crippen LogP) is 4.51. The maximum Gasteiger partial charge on any atom is 0.303 e. The lowest BCUT2D eigenvalue weighted by atomic mass is 10.1. The molecule has 0 aromatic heterocycles. The fourth-order valence-electron chi connectivity index (χ4n) is 2.19. The topological polar surface area (TPSA) is 68.2 Å². The molecule has 0 saturated carbocycles. The molecule has 6 nitrogen and oxygen atoms in total. The van der Waals surface area contributed by atoms with E-state index in [2.05, 4.69) is 0 Å². The Morgan fingerprint density at radius 2 is 2.17 bits per heavy atom. The van der Waals surface area contributed by atoms with Crippen LogP contribution >= 0.6 is 23.6 Å². The third-order valence-electron chi connectivity index (χ3n) is 3.35. The summed E-state index contributed by atoms with van der Waals surface area (Å²) in [5, 5.41) is 11.1. The van der Waals surface area contributed by atoms with Gasteiger partial charge in [0.2, 0.25) is 5.09 Å². The molecule has 1 aromatic rings. The first kappa shape index (κ1) is 18.9. The van der Waals surface area contributed by atoms with Crippen LogP contribution in [-0.2, 0) is 13.9 Å². The van der Waals surface area contributed by atoms with E-state index in [0.29, 0.717) is 28.8 Å². The molecule has 1 saturated heterocycles. The summed E-state index contributed by atoms with van der Waals surface area (Å²) in [4.78, 5) is 16.0. The van der Waals surface area contributed by atoms with Crippen molar-refractivity contribution in [1.82, 2.24) is 5.23 Å². The van der Waals surface area contributed by atoms with Gasteiger partial charge in [0.15, 0.2) is 0 Å². The van der Waals surface area contributed by atoms with Crippen LogP contribution in [0.3, 0.4) is 0 Å². The van der Waals surface area contributed by atoms with Crippen molar-refractivity contribution in [3.8, 4) is 5.75 Å². The van der Waals surface area contributed by atoms with Crippen molar-refractivity contribution in [3.63, 3.8) is 0 Å². The van der Waals surface area contributed by atoms with E-state index >= 15 is 0 Å². The fourth-order valence-corrected chi connectivity index (χ4v) is 3.00. The number of methoxy groups -OCH3 is 1. The first-order valence-electron chi connectivity index (χ1n) is 7.66. The van der Waals surface area contributed by atoms with Crippen molar-refractivity contribution < 1.29 is 23.8 Å². The summed E-state index contributed by atoms with van der Waals surface area (Å²) >= 11 is 7.22. The number of aliphatic carboxylic acids is 1. The molecular formula is C16H20ClNO5S. The number of unbranched alkanes of at least 4 members (excludes halogenated alkanes) is 3. The van der Waals surface area contributed by atoms with Gasteiger partial charge in [-0.05, 0) is 24.1 Å². The number of ether oxygens (including phenoxy) is 1. The van der Waals surface area contributed by atoms with Crippen molar-refractivity contribution in [2.24, 2.45) is 0 Å². The second-order valence-electron chi connectivity index (χ2n) is 5.19. The molecule has 1 N–H and O–H groups in total. The second-order valence-corrected chi connectivity index (χ2v) is 6.31. The van der Waals surface area contributed by atoms with Crippen LogP contribution in [0, 0.1) is 0 Å². The summed E-state index contributed by atoms with van der Waals surface area (Å²) in [5.41, 5.74) is 0.812. The van der Waals surface area contributed by atoms with Crippen LogP contribution in [0.25, 0.3) is 6.08 Å². The average Bonchev–Trinajstić information content (AvgIpc) is 2.98. The lowest BCUT2D eigenvalue weighted by Crippen LogP contribution is -2.16. The molecule has 0 amide bonds. The SMILES string of the molecule is COc1c(Cl)cccc1/C=C1/ON(CCCCCCC(=O)O)OS1. The minimum atomic E-state index is -0.746. The molecule has 1 heterocycles. The zero-order valence-corrected chi connectivity index (χ0v) is 14.9. The summed E-state index contributed by atoms with van der Waals surface area (Å²) < 4.78 is 10.7. The molecule has 1 aromatic carbocycles. The maximum absolute atomic E-state index is 10.4. The van der Waals surface area contributed by atoms with Gasteiger partial charge in [0, 0.05) is 18.1 Å². The van der Waals surface area contributed by atoms with E-state index in [1.54, 1.807) is 13.2 Å². The van der Waals surface area contributed by atoms with Crippen molar-refractivity contribution in [2.45, 2.75) is 32.1 Å². The van der Waals surface area contributed by atoms with Gasteiger partial charge in [-0.25, -0.2) is 0 Å². The predicted molar refractivity (Wildman–Crippen MR) is 93.2 cm³/mol. The Bertz CT molecular complexity index is 596. The number of carboxylic acids is 1. The van der Waals surface area contributed by atoms with Crippen molar-refractivity contribution >= 4 is 35.7 Å². The number of nitrogens with zero attached hydrogens (tertiary/aromatic N) is 1. The molecule has 1 aliphatic heterocycles. The molecule has 0 spiro atoms. The average molecular weight is 374 g/mol. The molecule has 0 unspecified atom stereocenters. The lowest BCUT2D eigenvalue weighted by molar-refractivity contribution is -0.259. The molecule has 8 heteroatoms. The number of hydrogen-bond acceptors (Lipinski definition) is 6. The first-order valence-corrected chi connectivity index (χ1v) is 8.78. The van der Waals surface area contributed by atoms with Crippen molar-refractivity contribution in [1.29, 1.82) is 0 Å². The van der Waals surface area contributed by atoms with Gasteiger partial charge in [0.25, 0.3) is 0 Å². The van der Waals surface area contributed by atoms with Crippen LogP contribution in [0.15, 0.2) is 23.3 Å². The highest BCUT2D eigenvalue weighted by Crippen LogP contribution is 2.35. The van der Waals surface area contributed by atoms with E-state index in [1.807, 2.05) is 18.2 Å². The first-order chi connectivity index (χ1) is 11.6. The van der Waals surface area contributed by atoms with E-state index in [4.69, 9.17) is 30.6 Å². The highest BCUT2D eigenvalue weighted by atomic mass is 35.5. The summed E-state index contributed by atoms with van der Waals surface area (Å²) in [7, 11) is 1.57. The van der Waals surface area contributed by atoms with Gasteiger partial charge in [0.1, 0.15) is 5.75 Å². The number of halogens is 1. The third kappa shape index (κ3) is 5.90. The van der Waals surface area contributed by atoms with Gasteiger partial charge < -0.3 is 14.7 Å². The van der Waals surface area contributed by atoms with Crippen LogP contribution in [-0.4, -0.2) is 30.0 Å². The molecule has 0 aliphatic carbocycles. The highest BCUT2D eigenvalue weighted by molar-refractivity contribution is 7.98. The third-order valence-corrected chi connectivity index (χ3v) is 4.25. The molecule has 2 rings (SSSR count). The molecule has 24 heavy (non-hydrogen) atoms. The van der Waals surface area contributed by atoms with E-state index in [-0.39, 0.29) is 6.42 Å². The van der Waals surface area contributed by atoms with E-state index < -0.39 is 5.97 Å². The normalized spacial score (nSPS) is 16.3. The highest BCUT2D eigenvalue weighted by Gasteiger charge is 2.21. The number of hydroxylamine groups is 2. The lowest BCUT2D eigenvalue weighted by Gasteiger charge is -2.10. The monoisotopic (exact) mass is 373 g/mol. The summed E-state index contributed by atoms with van der Waals surface area (Å²) in [6.07, 6.45) is 5.42. The van der Waals surface area contributed by atoms with Gasteiger partial charge in [-0.1, -0.05) is 36.6 Å². The molecule has 132 valence electrons. The largest absolute Gasteiger partial charge is 0.495 e. The molecule has 0 radical (unpaired) electrons. The zero-order valence-electron chi connectivity index (χ0n) is 13.4. The van der Waals surface area contributed by atoms with Crippen LogP contribution in [0.1, 0.15) is 37.7 Å². The summed E-state index contributed by atoms with van der Waals surface area (Å²) in [6.45, 7) is 0.615. The van der Waals surface area contributed by atoms with E-state index in [9.17, 15) is 4.79 Å². The number of carbonyl (C=O) groups is 1. The van der Waals surface area contributed by atoms with Crippen LogP contribution < -0.4 is 4.74 Å². The molecule has 0 bridgehead atoms. The minimum Gasteiger partial charge on any atom is -0.495 e. The number of benzene rings is 1. The Labute approximate surface area is 150 Å². The Hall–Kier alpha value is -1.41. The van der Waals surface area contributed by atoms with Crippen LogP contribution in [0.5, 0.6) is 5.75 Å². The Morgan fingerprint density at radius 1 is 1.38 bits per heavy atom. The molecule has 1 fully saturated rings. The Kier molecular flexibility index (Phi) is 7.71. The second kappa shape index (κ2) is 9.78. The minimum absolute atomic E-state index is 0.223. The van der Waals surface area contributed by atoms with Gasteiger partial charge >= 0.3 is 5.97 Å². The van der Waals surface area contributed by atoms with Gasteiger partial charge in [-0.2, -0.15) is 4.28 Å². The van der Waals surface area contributed by atoms with Crippen LogP contribution in [0.2, 0.25) is 5.02 Å². The molecular weight excluding hydrogens is 354 g/mol. The molecule has 0 atom stereocenters. The summed E-state index contributed by atoms with van der Waals surface area (Å²) in [6, 6.07) is 5.48. The number of para-hydroxylation sites is 1. The number of carboxylic acid groups (broad SMARTS) is 1. The van der Waals surface area contributed by atoms with Crippen molar-refractivity contribution in [2.75, 3.05) is 13.7 Å². The van der Waals surface area contributed by atoms with Crippen LogP contribution in [0.4, 0.5) is 0 Å². The van der Waals surface area contributed by atoms with E-state index in [1.165, 1.54) is 5.23 Å². The smallest absolute Gasteiger partial charge is 0.303 e. The van der Waals surface area contributed by atoms with E-state index in [0.717, 1.165) is 36.9 Å². The standard InChI is InChI=1S/C16H20ClNO5S/c1-21-16-12(7-6-8-13(16)17)11-15-22-18(23-24-15)10-5-3-2-4-9-14(19)20/h6-8,11H,2-5,9-10H2,1H3,(H,19,20)/b15-11-. The Balaban J connectivity index is 1.77. The number of hydrogen-bond donors (Lipinski definition) is 1. The summed E-state index contributed by atoms with van der Waals surface area (Å²) in [5.74, 6) is -0.156. The molecule has 1 aliphatic rings. The fraction of sp³-hybridized carbons (Fsp3) is 0.438. The maximum atomic E-state index is 10.4. The van der Waals surface area contributed by atoms with Gasteiger partial charge in [-0.15, -0.1) is 0 Å². The zero-order chi connectivity index (χ0) is 17.4. The number of rotatable bonds is 9. The Morgan fingerprint density at radius 3 is 2.92 bits per heavy atom. The van der Waals surface area contributed by atoms with Crippen molar-refractivity contribution in [3.05, 3.63) is 33.9 Å². The van der Waals surface area contributed by atoms with Gasteiger partial charge in [-0.3, -0.25) is 4.79 Å². The quantitative estimate of drug-likeness (QED) is 0.504. The van der Waals surface area contributed by atoms with Gasteiger partial charge in [0.05, 0.1) is 30.7 Å².